The van der Waals surface area contributed by atoms with E-state index in [9.17, 15) is 4.39 Å². The molecule has 98 valence electrons. The van der Waals surface area contributed by atoms with Crippen LogP contribution in [0.4, 0.5) is 10.1 Å². The van der Waals surface area contributed by atoms with Crippen LogP contribution in [0.25, 0.3) is 0 Å². The Morgan fingerprint density at radius 1 is 1.28 bits per heavy atom. The summed E-state index contributed by atoms with van der Waals surface area (Å²) in [7, 11) is 0. The van der Waals surface area contributed by atoms with Gasteiger partial charge in [-0.05, 0) is 43.3 Å². The molecule has 1 aliphatic rings. The van der Waals surface area contributed by atoms with Crippen LogP contribution in [0.2, 0.25) is 5.02 Å². The summed E-state index contributed by atoms with van der Waals surface area (Å²) < 4.78 is 13.6. The average Bonchev–Trinajstić information content (AvgIpc) is 2.34. The maximum atomic E-state index is 13.6. The Labute approximate surface area is 117 Å². The molecule has 0 unspecified atom stereocenters. The van der Waals surface area contributed by atoms with E-state index < -0.39 is 5.82 Å². The molecule has 2 N–H and O–H groups in total. The lowest BCUT2D eigenvalue weighted by atomic mass is 9.96. The number of anilines is 1. The summed E-state index contributed by atoms with van der Waals surface area (Å²) in [6, 6.07) is 4.91. The fraction of sp³-hybridized carbons (Fsp3) is 0.462. The Hall–Kier alpha value is -0.870. The van der Waals surface area contributed by atoms with Crippen LogP contribution in [0.1, 0.15) is 32.1 Å². The second kappa shape index (κ2) is 6.34. The smallest absolute Gasteiger partial charge is 0.171 e. The first kappa shape index (κ1) is 13.6. The molecule has 0 saturated heterocycles. The van der Waals surface area contributed by atoms with Crippen LogP contribution in [0, 0.1) is 5.82 Å². The van der Waals surface area contributed by atoms with Crippen LogP contribution < -0.4 is 10.6 Å². The van der Waals surface area contributed by atoms with Gasteiger partial charge in [0.15, 0.2) is 5.11 Å². The molecule has 0 spiro atoms. The van der Waals surface area contributed by atoms with E-state index in [-0.39, 0.29) is 0 Å². The molecule has 0 heterocycles. The highest BCUT2D eigenvalue weighted by molar-refractivity contribution is 7.80. The minimum atomic E-state index is -0.393. The molecule has 18 heavy (non-hydrogen) atoms. The lowest BCUT2D eigenvalue weighted by Gasteiger charge is -2.24. The van der Waals surface area contributed by atoms with E-state index in [0.29, 0.717) is 21.9 Å². The highest BCUT2D eigenvalue weighted by Crippen LogP contribution is 2.20. The minimum absolute atomic E-state index is 0.354. The topological polar surface area (TPSA) is 24.1 Å². The van der Waals surface area contributed by atoms with Crippen molar-refractivity contribution in [2.24, 2.45) is 0 Å². The third kappa shape index (κ3) is 3.82. The molecule has 2 nitrogen and oxygen atoms in total. The standard InChI is InChI=1S/C13H16ClFN2S/c14-9-6-7-12(11(15)8-9)17-13(18)16-10-4-2-1-3-5-10/h6-8,10H,1-5H2,(H2,16,17,18). The van der Waals surface area contributed by atoms with Crippen molar-refractivity contribution in [2.75, 3.05) is 5.32 Å². The van der Waals surface area contributed by atoms with E-state index in [1.54, 1.807) is 12.1 Å². The van der Waals surface area contributed by atoms with Gasteiger partial charge in [0.05, 0.1) is 5.69 Å². The summed E-state index contributed by atoms with van der Waals surface area (Å²) in [5.74, 6) is -0.393. The Kier molecular flexibility index (Phi) is 4.78. The van der Waals surface area contributed by atoms with Crippen molar-refractivity contribution in [2.45, 2.75) is 38.1 Å². The molecular weight excluding hydrogens is 271 g/mol. The van der Waals surface area contributed by atoms with Crippen LogP contribution >= 0.6 is 23.8 Å². The Morgan fingerprint density at radius 3 is 2.67 bits per heavy atom. The normalized spacial score (nSPS) is 16.3. The Morgan fingerprint density at radius 2 is 2.00 bits per heavy atom. The molecule has 0 radical (unpaired) electrons. The van der Waals surface area contributed by atoms with Crippen LogP contribution in [0.5, 0.6) is 0 Å². The molecule has 1 aromatic rings. The monoisotopic (exact) mass is 286 g/mol. The van der Waals surface area contributed by atoms with Gasteiger partial charge in [0.2, 0.25) is 0 Å². The van der Waals surface area contributed by atoms with E-state index >= 15 is 0 Å². The molecule has 1 saturated carbocycles. The van der Waals surface area contributed by atoms with E-state index in [1.807, 2.05) is 0 Å². The second-order valence-corrected chi connectivity index (χ2v) is 5.40. The number of hydrogen-bond donors (Lipinski definition) is 2. The van der Waals surface area contributed by atoms with E-state index in [4.69, 9.17) is 23.8 Å². The van der Waals surface area contributed by atoms with Gasteiger partial charge < -0.3 is 10.6 Å². The maximum absolute atomic E-state index is 13.6. The molecule has 5 heteroatoms. The number of halogens is 2. The predicted molar refractivity (Wildman–Crippen MR) is 77.6 cm³/mol. The maximum Gasteiger partial charge on any atom is 0.171 e. The fourth-order valence-electron chi connectivity index (χ4n) is 2.18. The van der Waals surface area contributed by atoms with Crippen molar-refractivity contribution in [3.63, 3.8) is 0 Å². The third-order valence-corrected chi connectivity index (χ3v) is 3.57. The largest absolute Gasteiger partial charge is 0.360 e. The predicted octanol–water partition coefficient (Wildman–Crippen LogP) is 4.10. The van der Waals surface area contributed by atoms with Crippen LogP contribution in [-0.4, -0.2) is 11.2 Å². The first-order valence-corrected chi connectivity index (χ1v) is 6.96. The van der Waals surface area contributed by atoms with Gasteiger partial charge >= 0.3 is 0 Å². The second-order valence-electron chi connectivity index (χ2n) is 4.56. The zero-order valence-electron chi connectivity index (χ0n) is 10.0. The quantitative estimate of drug-likeness (QED) is 0.801. The summed E-state index contributed by atoms with van der Waals surface area (Å²) in [5, 5.41) is 6.96. The molecule has 2 rings (SSSR count). The van der Waals surface area contributed by atoms with Crippen molar-refractivity contribution in [1.29, 1.82) is 0 Å². The van der Waals surface area contributed by atoms with Gasteiger partial charge in [0.25, 0.3) is 0 Å². The Bertz CT molecular complexity index is 433. The van der Waals surface area contributed by atoms with Gasteiger partial charge in [-0.2, -0.15) is 0 Å². The lowest BCUT2D eigenvalue weighted by molar-refractivity contribution is 0.414. The summed E-state index contributed by atoms with van der Waals surface area (Å²) in [6.07, 6.45) is 6.02. The van der Waals surface area contributed by atoms with Crippen molar-refractivity contribution >= 4 is 34.6 Å². The minimum Gasteiger partial charge on any atom is -0.360 e. The van der Waals surface area contributed by atoms with Crippen molar-refractivity contribution in [3.8, 4) is 0 Å². The van der Waals surface area contributed by atoms with Gasteiger partial charge in [0.1, 0.15) is 5.82 Å². The first-order valence-electron chi connectivity index (χ1n) is 6.18. The number of hydrogen-bond acceptors (Lipinski definition) is 1. The summed E-state index contributed by atoms with van der Waals surface area (Å²) in [5.41, 5.74) is 0.354. The summed E-state index contributed by atoms with van der Waals surface area (Å²) in [6.45, 7) is 0. The molecule has 1 aromatic carbocycles. The zero-order chi connectivity index (χ0) is 13.0. The molecule has 1 fully saturated rings. The lowest BCUT2D eigenvalue weighted by Crippen LogP contribution is -2.38. The summed E-state index contributed by atoms with van der Waals surface area (Å²) >= 11 is 10.9. The van der Waals surface area contributed by atoms with Crippen molar-refractivity contribution in [3.05, 3.63) is 29.0 Å². The number of thiocarbonyl (C=S) groups is 1. The van der Waals surface area contributed by atoms with Crippen LogP contribution in [0.15, 0.2) is 18.2 Å². The summed E-state index contributed by atoms with van der Waals surface area (Å²) in [4.78, 5) is 0. The molecule has 1 aliphatic carbocycles. The number of rotatable bonds is 2. The van der Waals surface area contributed by atoms with Crippen molar-refractivity contribution < 1.29 is 4.39 Å². The number of benzene rings is 1. The van der Waals surface area contributed by atoms with E-state index in [1.165, 1.54) is 25.3 Å². The average molecular weight is 287 g/mol. The van der Waals surface area contributed by atoms with Crippen molar-refractivity contribution in [1.82, 2.24) is 5.32 Å². The Balaban J connectivity index is 1.90. The third-order valence-electron chi connectivity index (χ3n) is 3.12. The van der Waals surface area contributed by atoms with Crippen LogP contribution in [0.3, 0.4) is 0 Å². The highest BCUT2D eigenvalue weighted by Gasteiger charge is 2.14. The molecule has 0 amide bonds. The molecular formula is C13H16ClFN2S. The van der Waals surface area contributed by atoms with Crippen LogP contribution in [-0.2, 0) is 0 Å². The molecule has 0 aliphatic heterocycles. The van der Waals surface area contributed by atoms with Gasteiger partial charge in [-0.25, -0.2) is 4.39 Å². The van der Waals surface area contributed by atoms with E-state index in [0.717, 1.165) is 12.8 Å². The molecule has 0 bridgehead atoms. The highest BCUT2D eigenvalue weighted by atomic mass is 35.5. The van der Waals surface area contributed by atoms with Gasteiger partial charge in [-0.3, -0.25) is 0 Å². The SMILES string of the molecule is Fc1cc(Cl)ccc1NC(=S)NC1CCCCC1. The van der Waals surface area contributed by atoms with E-state index in [2.05, 4.69) is 10.6 Å². The first-order chi connectivity index (χ1) is 8.65. The number of nitrogens with one attached hydrogen (secondary N) is 2. The molecule has 0 atom stereocenters. The van der Waals surface area contributed by atoms with Gasteiger partial charge in [0, 0.05) is 11.1 Å². The zero-order valence-corrected chi connectivity index (χ0v) is 11.6. The van der Waals surface area contributed by atoms with Gasteiger partial charge in [-0.15, -0.1) is 0 Å². The van der Waals surface area contributed by atoms with Gasteiger partial charge in [-0.1, -0.05) is 30.9 Å². The molecule has 0 aromatic heterocycles. The fourth-order valence-corrected chi connectivity index (χ4v) is 2.62.